The lowest BCUT2D eigenvalue weighted by Crippen LogP contribution is -2.11. The molecule has 5 nitrogen and oxygen atoms in total. The molecule has 0 radical (unpaired) electrons. The number of hydrogen-bond acceptors (Lipinski definition) is 5. The molecule has 0 amide bonds. The Labute approximate surface area is 117 Å². The van der Waals surface area contributed by atoms with Crippen LogP contribution in [0.5, 0.6) is 11.5 Å². The summed E-state index contributed by atoms with van der Waals surface area (Å²) in [5, 5.41) is 0. The number of halogens is 1. The summed E-state index contributed by atoms with van der Waals surface area (Å²) in [6.45, 7) is 1.17. The molecule has 1 aromatic carbocycles. The average Bonchev–Trinajstić information content (AvgIpc) is 2.46. The molecule has 0 aliphatic carbocycles. The van der Waals surface area contributed by atoms with Crippen LogP contribution in [-0.2, 0) is 9.47 Å². The van der Waals surface area contributed by atoms with Crippen LogP contribution in [0.15, 0.2) is 18.2 Å². The molecule has 0 spiro atoms. The number of carbonyl (C=O) groups is 1. The minimum atomic E-state index is -0.459. The highest BCUT2D eigenvalue weighted by Crippen LogP contribution is 2.25. The van der Waals surface area contributed by atoms with Crippen molar-refractivity contribution in [1.82, 2.24) is 0 Å². The van der Waals surface area contributed by atoms with Crippen LogP contribution in [0, 0.1) is 0 Å². The first kappa shape index (κ1) is 15.6. The number of hydrogen-bond donors (Lipinski definition) is 0. The lowest BCUT2D eigenvalue weighted by atomic mass is 10.2. The van der Waals surface area contributed by atoms with Crippen molar-refractivity contribution < 1.29 is 23.7 Å². The fourth-order valence-corrected chi connectivity index (χ4v) is 1.50. The quantitative estimate of drug-likeness (QED) is 0.417. The molecule has 19 heavy (non-hydrogen) atoms. The Morgan fingerprint density at radius 2 is 2.00 bits per heavy atom. The summed E-state index contributed by atoms with van der Waals surface area (Å²) in [5.74, 6) is 0.983. The molecule has 0 aliphatic heterocycles. The van der Waals surface area contributed by atoms with E-state index in [1.807, 2.05) is 0 Å². The number of esters is 1. The molecule has 1 rings (SSSR count). The van der Waals surface area contributed by atoms with Crippen molar-refractivity contribution >= 4 is 17.6 Å². The van der Waals surface area contributed by atoms with E-state index in [1.54, 1.807) is 25.3 Å². The van der Waals surface area contributed by atoms with Gasteiger partial charge < -0.3 is 18.9 Å². The largest absolute Gasteiger partial charge is 0.497 e. The Hall–Kier alpha value is -1.46. The van der Waals surface area contributed by atoms with Gasteiger partial charge in [-0.05, 0) is 12.1 Å². The summed E-state index contributed by atoms with van der Waals surface area (Å²) in [6, 6.07) is 4.90. The Morgan fingerprint density at radius 3 is 2.63 bits per heavy atom. The molecule has 0 N–H and O–H groups in total. The van der Waals surface area contributed by atoms with E-state index in [1.165, 1.54) is 7.11 Å². The van der Waals surface area contributed by atoms with Crippen molar-refractivity contribution in [2.75, 3.05) is 39.9 Å². The first-order chi connectivity index (χ1) is 9.22. The van der Waals surface area contributed by atoms with Crippen LogP contribution in [-0.4, -0.2) is 45.9 Å². The van der Waals surface area contributed by atoms with Crippen LogP contribution < -0.4 is 9.47 Å². The van der Waals surface area contributed by atoms with E-state index >= 15 is 0 Å². The second-order valence-corrected chi connectivity index (χ2v) is 3.88. The Balaban J connectivity index is 2.69. The number of benzene rings is 1. The predicted molar refractivity (Wildman–Crippen MR) is 71.4 cm³/mol. The Morgan fingerprint density at radius 1 is 1.21 bits per heavy atom. The highest BCUT2D eigenvalue weighted by Gasteiger charge is 2.14. The summed E-state index contributed by atoms with van der Waals surface area (Å²) in [7, 11) is 2.86. The standard InChI is InChI=1S/C13H17ClO5/c1-16-10-3-4-11(13(15)17-2)12(9-10)19-8-7-18-6-5-14/h3-4,9H,5-8H2,1-2H3. The molecular weight excluding hydrogens is 272 g/mol. The SMILES string of the molecule is COC(=O)c1ccc(OC)cc1OCCOCCCl. The molecule has 6 heteroatoms. The number of methoxy groups -OCH3 is 2. The van der Waals surface area contributed by atoms with Crippen molar-refractivity contribution in [1.29, 1.82) is 0 Å². The maximum atomic E-state index is 11.6. The first-order valence-corrected chi connectivity index (χ1v) is 6.29. The maximum Gasteiger partial charge on any atom is 0.341 e. The lowest BCUT2D eigenvalue weighted by Gasteiger charge is -2.11. The third-order valence-electron chi connectivity index (χ3n) is 2.30. The van der Waals surface area contributed by atoms with Gasteiger partial charge in [0.1, 0.15) is 23.7 Å². The zero-order valence-corrected chi connectivity index (χ0v) is 11.7. The summed E-state index contributed by atoms with van der Waals surface area (Å²) in [4.78, 5) is 11.6. The molecule has 0 aliphatic rings. The van der Waals surface area contributed by atoms with Crippen LogP contribution in [0.2, 0.25) is 0 Å². The van der Waals surface area contributed by atoms with E-state index in [0.29, 0.717) is 42.8 Å². The second kappa shape index (κ2) is 8.61. The highest BCUT2D eigenvalue weighted by molar-refractivity contribution is 6.17. The minimum absolute atomic E-state index is 0.314. The third-order valence-corrected chi connectivity index (χ3v) is 2.46. The molecule has 0 heterocycles. The van der Waals surface area contributed by atoms with Crippen LogP contribution in [0.3, 0.4) is 0 Å². The van der Waals surface area contributed by atoms with E-state index in [2.05, 4.69) is 4.74 Å². The fourth-order valence-electron chi connectivity index (χ4n) is 1.39. The van der Waals surface area contributed by atoms with E-state index < -0.39 is 5.97 Å². The molecule has 0 bridgehead atoms. The zero-order valence-electron chi connectivity index (χ0n) is 11.0. The smallest absolute Gasteiger partial charge is 0.341 e. The minimum Gasteiger partial charge on any atom is -0.497 e. The van der Waals surface area contributed by atoms with Crippen molar-refractivity contribution in [3.63, 3.8) is 0 Å². The van der Waals surface area contributed by atoms with Gasteiger partial charge in [-0.1, -0.05) is 0 Å². The monoisotopic (exact) mass is 288 g/mol. The lowest BCUT2D eigenvalue weighted by molar-refractivity contribution is 0.0592. The van der Waals surface area contributed by atoms with Gasteiger partial charge in [0.15, 0.2) is 0 Å². The van der Waals surface area contributed by atoms with Gasteiger partial charge in [0.25, 0.3) is 0 Å². The van der Waals surface area contributed by atoms with Crippen LogP contribution in [0.1, 0.15) is 10.4 Å². The van der Waals surface area contributed by atoms with Gasteiger partial charge in [0.2, 0.25) is 0 Å². The molecule has 0 atom stereocenters. The molecule has 0 saturated heterocycles. The molecule has 106 valence electrons. The van der Waals surface area contributed by atoms with Gasteiger partial charge in [0, 0.05) is 11.9 Å². The van der Waals surface area contributed by atoms with Crippen LogP contribution >= 0.6 is 11.6 Å². The highest BCUT2D eigenvalue weighted by atomic mass is 35.5. The Kier molecular flexibility index (Phi) is 7.07. The fraction of sp³-hybridized carbons (Fsp3) is 0.462. The topological polar surface area (TPSA) is 54.0 Å². The number of carbonyl (C=O) groups excluding carboxylic acids is 1. The predicted octanol–water partition coefficient (Wildman–Crippen LogP) is 2.12. The number of rotatable bonds is 8. The first-order valence-electron chi connectivity index (χ1n) is 5.75. The molecular formula is C13H17ClO5. The second-order valence-electron chi connectivity index (χ2n) is 3.50. The molecule has 0 saturated carbocycles. The van der Waals surface area contributed by atoms with E-state index in [0.717, 1.165) is 0 Å². The number of alkyl halides is 1. The van der Waals surface area contributed by atoms with Crippen LogP contribution in [0.25, 0.3) is 0 Å². The molecule has 1 aromatic rings. The summed E-state index contributed by atoms with van der Waals surface area (Å²) in [6.07, 6.45) is 0. The molecule has 0 aromatic heterocycles. The normalized spacial score (nSPS) is 10.1. The van der Waals surface area contributed by atoms with Crippen molar-refractivity contribution in [2.24, 2.45) is 0 Å². The van der Waals surface area contributed by atoms with Crippen molar-refractivity contribution in [3.05, 3.63) is 23.8 Å². The van der Waals surface area contributed by atoms with Crippen molar-refractivity contribution in [3.8, 4) is 11.5 Å². The van der Waals surface area contributed by atoms with Crippen molar-refractivity contribution in [2.45, 2.75) is 0 Å². The zero-order chi connectivity index (χ0) is 14.1. The van der Waals surface area contributed by atoms with Crippen LogP contribution in [0.4, 0.5) is 0 Å². The van der Waals surface area contributed by atoms with Gasteiger partial charge >= 0.3 is 5.97 Å². The van der Waals surface area contributed by atoms with Gasteiger partial charge in [0.05, 0.1) is 27.4 Å². The Bertz CT molecular complexity index is 408. The van der Waals surface area contributed by atoms with Gasteiger partial charge in [-0.25, -0.2) is 4.79 Å². The van der Waals surface area contributed by atoms with Gasteiger partial charge in [-0.2, -0.15) is 0 Å². The average molecular weight is 289 g/mol. The summed E-state index contributed by atoms with van der Waals surface area (Å²) >= 11 is 5.48. The van der Waals surface area contributed by atoms with E-state index in [4.69, 9.17) is 25.8 Å². The third kappa shape index (κ3) is 4.96. The maximum absolute atomic E-state index is 11.6. The molecule has 0 unspecified atom stereocenters. The summed E-state index contributed by atoms with van der Waals surface area (Å²) in [5.41, 5.74) is 0.348. The van der Waals surface area contributed by atoms with E-state index in [-0.39, 0.29) is 0 Å². The molecule has 0 fully saturated rings. The van der Waals surface area contributed by atoms with E-state index in [9.17, 15) is 4.79 Å². The van der Waals surface area contributed by atoms with Gasteiger partial charge in [-0.3, -0.25) is 0 Å². The number of ether oxygens (including phenoxy) is 4. The van der Waals surface area contributed by atoms with Gasteiger partial charge in [-0.15, -0.1) is 11.6 Å². The summed E-state index contributed by atoms with van der Waals surface area (Å²) < 4.78 is 20.5.